The SMILES string of the molecule is OC(F)(F)C(F)=C(F)C(F)C(F)C(F)C(F)F. The number of alkyl halides is 7. The van der Waals surface area contributed by atoms with E-state index in [2.05, 4.69) is 0 Å². The Labute approximate surface area is 88.5 Å². The summed E-state index contributed by atoms with van der Waals surface area (Å²) >= 11 is 0. The van der Waals surface area contributed by atoms with Crippen LogP contribution >= 0.6 is 0 Å². The summed E-state index contributed by atoms with van der Waals surface area (Å²) in [5, 5.41) is 7.60. The van der Waals surface area contributed by atoms with Crippen LogP contribution in [-0.4, -0.2) is 36.2 Å². The topological polar surface area (TPSA) is 20.2 Å². The lowest BCUT2D eigenvalue weighted by atomic mass is 10.1. The zero-order valence-electron chi connectivity index (χ0n) is 7.66. The van der Waals surface area contributed by atoms with Crippen LogP contribution in [0.5, 0.6) is 0 Å². The molecule has 0 aliphatic carbocycles. The van der Waals surface area contributed by atoms with Crippen LogP contribution in [0.25, 0.3) is 0 Å². The molecule has 0 aromatic carbocycles. The maximum absolute atomic E-state index is 12.5. The largest absolute Gasteiger partial charge is 0.409 e. The maximum Gasteiger partial charge on any atom is 0.409 e. The third kappa shape index (κ3) is 4.10. The van der Waals surface area contributed by atoms with Crippen molar-refractivity contribution < 1.29 is 44.6 Å². The third-order valence-corrected chi connectivity index (χ3v) is 1.54. The van der Waals surface area contributed by atoms with E-state index in [1.165, 1.54) is 0 Å². The molecule has 0 aliphatic heterocycles. The first-order valence-corrected chi connectivity index (χ1v) is 3.86. The second kappa shape index (κ2) is 5.61. The molecule has 1 nitrogen and oxygen atoms in total. The van der Waals surface area contributed by atoms with Gasteiger partial charge in [0.1, 0.15) is 0 Å². The Morgan fingerprint density at radius 1 is 0.882 bits per heavy atom. The van der Waals surface area contributed by atoms with Crippen molar-refractivity contribution >= 4 is 0 Å². The van der Waals surface area contributed by atoms with Crippen molar-refractivity contribution in [3.8, 4) is 0 Å². The van der Waals surface area contributed by atoms with Crippen molar-refractivity contribution in [1.29, 1.82) is 0 Å². The maximum atomic E-state index is 12.5. The highest BCUT2D eigenvalue weighted by Crippen LogP contribution is 2.31. The van der Waals surface area contributed by atoms with Gasteiger partial charge in [-0.25, -0.2) is 26.3 Å². The van der Waals surface area contributed by atoms with E-state index in [9.17, 15) is 39.5 Å². The molecule has 10 heteroatoms. The molecule has 3 unspecified atom stereocenters. The third-order valence-electron chi connectivity index (χ3n) is 1.54. The fourth-order valence-corrected chi connectivity index (χ4v) is 0.705. The molecule has 0 rings (SSSR count). The Balaban J connectivity index is 5.00. The molecule has 0 radical (unpaired) electrons. The molecule has 3 atom stereocenters. The van der Waals surface area contributed by atoms with Gasteiger partial charge >= 0.3 is 6.11 Å². The standard InChI is InChI=1S/C7H5F9O/c8-1(2(9)4(11)6(13)14)3(10)5(12)7(15,16)17/h1-2,4,6,17H. The molecule has 0 bridgehead atoms. The van der Waals surface area contributed by atoms with Gasteiger partial charge in [0.25, 0.3) is 6.43 Å². The van der Waals surface area contributed by atoms with Crippen molar-refractivity contribution in [1.82, 2.24) is 0 Å². The summed E-state index contributed by atoms with van der Waals surface area (Å²) in [6, 6.07) is 0. The monoisotopic (exact) mass is 276 g/mol. The highest BCUT2D eigenvalue weighted by molar-refractivity contribution is 5.12. The number of hydrogen-bond acceptors (Lipinski definition) is 1. The Morgan fingerprint density at radius 3 is 1.59 bits per heavy atom. The van der Waals surface area contributed by atoms with E-state index >= 15 is 0 Å². The van der Waals surface area contributed by atoms with Crippen molar-refractivity contribution in [3.63, 3.8) is 0 Å². The predicted octanol–water partition coefficient (Wildman–Crippen LogP) is 3.00. The van der Waals surface area contributed by atoms with Crippen LogP contribution < -0.4 is 0 Å². The van der Waals surface area contributed by atoms with Crippen molar-refractivity contribution in [3.05, 3.63) is 11.7 Å². The van der Waals surface area contributed by atoms with E-state index in [0.29, 0.717) is 0 Å². The van der Waals surface area contributed by atoms with Gasteiger partial charge in [0.2, 0.25) is 5.83 Å². The van der Waals surface area contributed by atoms with Crippen LogP contribution in [0.3, 0.4) is 0 Å². The second-order valence-corrected chi connectivity index (χ2v) is 2.83. The number of halogens is 9. The van der Waals surface area contributed by atoms with E-state index in [4.69, 9.17) is 5.11 Å². The number of allylic oxidation sites excluding steroid dienone is 1. The van der Waals surface area contributed by atoms with Gasteiger partial charge in [0.05, 0.1) is 0 Å². The van der Waals surface area contributed by atoms with Gasteiger partial charge in [-0.15, -0.1) is 0 Å². The predicted molar refractivity (Wildman–Crippen MR) is 37.1 cm³/mol. The zero-order chi connectivity index (χ0) is 14.0. The molecule has 17 heavy (non-hydrogen) atoms. The van der Waals surface area contributed by atoms with Crippen LogP contribution in [0, 0.1) is 0 Å². The molecule has 1 N–H and O–H groups in total. The van der Waals surface area contributed by atoms with E-state index in [-0.39, 0.29) is 0 Å². The van der Waals surface area contributed by atoms with Crippen LogP contribution in [0.15, 0.2) is 11.7 Å². The molecular formula is C7H5F9O. The van der Waals surface area contributed by atoms with E-state index < -0.39 is 42.7 Å². The van der Waals surface area contributed by atoms with Gasteiger partial charge in [-0.1, -0.05) is 0 Å². The summed E-state index contributed by atoms with van der Waals surface area (Å²) in [5.74, 6) is -6.59. The Kier molecular flexibility index (Phi) is 5.30. The summed E-state index contributed by atoms with van der Waals surface area (Å²) < 4.78 is 108. The average molecular weight is 276 g/mol. The molecule has 102 valence electrons. The minimum absolute atomic E-state index is 3.19. The van der Waals surface area contributed by atoms with Crippen molar-refractivity contribution in [2.45, 2.75) is 31.0 Å². The van der Waals surface area contributed by atoms with Crippen LogP contribution in [0.4, 0.5) is 39.5 Å². The lowest BCUT2D eigenvalue weighted by Crippen LogP contribution is -2.34. The Morgan fingerprint density at radius 2 is 1.29 bits per heavy atom. The number of aliphatic hydroxyl groups is 1. The van der Waals surface area contributed by atoms with E-state index in [0.717, 1.165) is 0 Å². The fraction of sp³-hybridized carbons (Fsp3) is 0.714. The molecular weight excluding hydrogens is 271 g/mol. The summed E-state index contributed by atoms with van der Waals surface area (Å²) in [7, 11) is 0. The minimum Gasteiger partial charge on any atom is -0.330 e. The van der Waals surface area contributed by atoms with Crippen LogP contribution in [0.2, 0.25) is 0 Å². The lowest BCUT2D eigenvalue weighted by molar-refractivity contribution is -0.181. The Bertz CT molecular complexity index is 284. The number of rotatable bonds is 5. The molecule has 0 heterocycles. The van der Waals surface area contributed by atoms with Gasteiger partial charge in [-0.2, -0.15) is 13.2 Å². The smallest absolute Gasteiger partial charge is 0.330 e. The quantitative estimate of drug-likeness (QED) is 0.765. The first-order valence-electron chi connectivity index (χ1n) is 3.86. The molecule has 0 saturated carbocycles. The summed E-state index contributed by atoms with van der Waals surface area (Å²) in [6.07, 6.45) is -21.2. The minimum atomic E-state index is -5.45. The van der Waals surface area contributed by atoms with Gasteiger partial charge < -0.3 is 5.11 Å². The van der Waals surface area contributed by atoms with Gasteiger partial charge in [0, 0.05) is 0 Å². The molecule has 0 aromatic rings. The Hall–Kier alpha value is -0.930. The van der Waals surface area contributed by atoms with Gasteiger partial charge in [0.15, 0.2) is 24.3 Å². The molecule has 0 spiro atoms. The van der Waals surface area contributed by atoms with Crippen molar-refractivity contribution in [2.24, 2.45) is 0 Å². The lowest BCUT2D eigenvalue weighted by Gasteiger charge is -2.16. The van der Waals surface area contributed by atoms with Crippen LogP contribution in [-0.2, 0) is 0 Å². The highest BCUT2D eigenvalue weighted by Gasteiger charge is 2.44. The highest BCUT2D eigenvalue weighted by atomic mass is 19.3. The van der Waals surface area contributed by atoms with Gasteiger partial charge in [-0.3, -0.25) is 0 Å². The molecule has 0 aromatic heterocycles. The molecule has 0 fully saturated rings. The first kappa shape index (κ1) is 16.1. The first-order chi connectivity index (χ1) is 7.50. The normalized spacial score (nSPS) is 19.9. The second-order valence-electron chi connectivity index (χ2n) is 2.83. The number of hydrogen-bond donors (Lipinski definition) is 1. The van der Waals surface area contributed by atoms with E-state index in [1.54, 1.807) is 0 Å². The van der Waals surface area contributed by atoms with E-state index in [1.807, 2.05) is 0 Å². The molecule has 0 amide bonds. The fourth-order valence-electron chi connectivity index (χ4n) is 0.705. The molecule has 0 aliphatic rings. The summed E-state index contributed by atoms with van der Waals surface area (Å²) in [4.78, 5) is 0. The summed E-state index contributed by atoms with van der Waals surface area (Å²) in [6.45, 7) is 0. The molecule has 0 saturated heterocycles. The zero-order valence-corrected chi connectivity index (χ0v) is 7.66. The average Bonchev–Trinajstić information content (AvgIpc) is 2.22. The summed E-state index contributed by atoms with van der Waals surface area (Å²) in [5.41, 5.74) is 0. The van der Waals surface area contributed by atoms with Crippen molar-refractivity contribution in [2.75, 3.05) is 0 Å². The van der Waals surface area contributed by atoms with Gasteiger partial charge in [-0.05, 0) is 0 Å². The van der Waals surface area contributed by atoms with Crippen LogP contribution in [0.1, 0.15) is 0 Å².